The zero-order valence-corrected chi connectivity index (χ0v) is 18.8. The van der Waals surface area contributed by atoms with Gasteiger partial charge in [-0.25, -0.2) is 8.78 Å². The first-order chi connectivity index (χ1) is 14.9. The third kappa shape index (κ3) is 5.88. The van der Waals surface area contributed by atoms with Crippen molar-refractivity contribution in [3.05, 3.63) is 70.0 Å². The smallest absolute Gasteiger partial charge is 0.251 e. The van der Waals surface area contributed by atoms with Gasteiger partial charge in [0.05, 0.1) is 18.0 Å². The summed E-state index contributed by atoms with van der Waals surface area (Å²) in [7, 11) is 0. The predicted octanol–water partition coefficient (Wildman–Crippen LogP) is 4.00. The number of nitrogens with one attached hydrogen (secondary N) is 2. The number of carbonyl (C=O) groups excluding carboxylic acids is 2. The van der Waals surface area contributed by atoms with Crippen LogP contribution in [0.5, 0.6) is 0 Å². The molecule has 0 unspecified atom stereocenters. The molecule has 0 radical (unpaired) electrons. The second kappa shape index (κ2) is 10.5. The Kier molecular flexibility index (Phi) is 7.75. The van der Waals surface area contributed by atoms with Crippen LogP contribution in [-0.2, 0) is 17.9 Å². The molecule has 1 aromatic heterocycles. The molecular weight excluding hydrogens is 492 g/mol. The Labute approximate surface area is 189 Å². The quantitative estimate of drug-likeness (QED) is 0.448. The lowest BCUT2D eigenvalue weighted by Gasteiger charge is -2.10. The molecule has 0 bridgehead atoms. The molecular formula is C20H18BrF2N5O2S. The summed E-state index contributed by atoms with van der Waals surface area (Å²) in [5.41, 5.74) is 0.406. The Balaban J connectivity index is 1.59. The highest BCUT2D eigenvalue weighted by Crippen LogP contribution is 2.27. The van der Waals surface area contributed by atoms with Gasteiger partial charge in [0.25, 0.3) is 5.91 Å². The first kappa shape index (κ1) is 22.9. The third-order valence-electron chi connectivity index (χ3n) is 4.16. The minimum atomic E-state index is -0.876. The molecule has 0 saturated carbocycles. The fourth-order valence-electron chi connectivity index (χ4n) is 2.69. The lowest BCUT2D eigenvalue weighted by atomic mass is 10.2. The number of thioether (sulfide) groups is 1. The van der Waals surface area contributed by atoms with Crippen molar-refractivity contribution >= 4 is 45.2 Å². The topological polar surface area (TPSA) is 88.9 Å². The number of anilines is 1. The van der Waals surface area contributed by atoms with Crippen LogP contribution < -0.4 is 10.6 Å². The van der Waals surface area contributed by atoms with Crippen LogP contribution in [0.25, 0.3) is 0 Å². The van der Waals surface area contributed by atoms with Crippen LogP contribution in [-0.4, -0.2) is 32.3 Å². The van der Waals surface area contributed by atoms with Crippen molar-refractivity contribution in [2.45, 2.75) is 25.2 Å². The van der Waals surface area contributed by atoms with Crippen LogP contribution in [0.1, 0.15) is 23.1 Å². The van der Waals surface area contributed by atoms with Gasteiger partial charge in [0.15, 0.2) is 16.8 Å². The first-order valence-electron chi connectivity index (χ1n) is 9.21. The Hall–Kier alpha value is -2.79. The van der Waals surface area contributed by atoms with E-state index in [4.69, 9.17) is 0 Å². The van der Waals surface area contributed by atoms with Gasteiger partial charge in [-0.2, -0.15) is 0 Å². The average Bonchev–Trinajstić information content (AvgIpc) is 3.15. The Morgan fingerprint density at radius 1 is 1.16 bits per heavy atom. The van der Waals surface area contributed by atoms with E-state index in [2.05, 4.69) is 36.8 Å². The average molecular weight is 510 g/mol. The minimum Gasteiger partial charge on any atom is -0.345 e. The minimum absolute atomic E-state index is 0.0578. The molecule has 31 heavy (non-hydrogen) atoms. The molecule has 0 spiro atoms. The van der Waals surface area contributed by atoms with Gasteiger partial charge in [0.1, 0.15) is 5.82 Å². The van der Waals surface area contributed by atoms with E-state index in [1.54, 1.807) is 28.8 Å². The highest BCUT2D eigenvalue weighted by molar-refractivity contribution is 9.10. The molecule has 2 aromatic carbocycles. The number of halogens is 3. The van der Waals surface area contributed by atoms with Gasteiger partial charge in [-0.3, -0.25) is 9.59 Å². The van der Waals surface area contributed by atoms with Crippen molar-refractivity contribution in [3.8, 4) is 0 Å². The van der Waals surface area contributed by atoms with E-state index in [1.165, 1.54) is 0 Å². The maximum Gasteiger partial charge on any atom is 0.251 e. The van der Waals surface area contributed by atoms with Crippen molar-refractivity contribution in [1.82, 2.24) is 20.1 Å². The largest absolute Gasteiger partial charge is 0.345 e. The molecule has 2 N–H and O–H groups in total. The van der Waals surface area contributed by atoms with E-state index in [0.29, 0.717) is 29.2 Å². The van der Waals surface area contributed by atoms with Crippen LogP contribution in [0.3, 0.4) is 0 Å². The summed E-state index contributed by atoms with van der Waals surface area (Å²) in [6.45, 7) is 2.60. The summed E-state index contributed by atoms with van der Waals surface area (Å²) >= 11 is 4.15. The van der Waals surface area contributed by atoms with Crippen LogP contribution in [0, 0.1) is 11.6 Å². The summed E-state index contributed by atoms with van der Waals surface area (Å²) in [6.07, 6.45) is 0. The van der Waals surface area contributed by atoms with Crippen molar-refractivity contribution in [3.63, 3.8) is 0 Å². The molecule has 0 fully saturated rings. The molecule has 0 saturated heterocycles. The predicted molar refractivity (Wildman–Crippen MR) is 117 cm³/mol. The number of rotatable bonds is 8. The van der Waals surface area contributed by atoms with Crippen molar-refractivity contribution < 1.29 is 18.4 Å². The number of amides is 2. The van der Waals surface area contributed by atoms with E-state index in [-0.39, 0.29) is 28.4 Å². The standard InChI is InChI=1S/C20H18BrF2N5O2S/c1-2-28-16(10-24-19(30)12-6-4-3-5-7-12)26-27-20(28)31-11-17(29)25-18-14(21)8-13(22)9-15(18)23/h3-9H,2,10-11H2,1H3,(H,24,30)(H,25,29). The lowest BCUT2D eigenvalue weighted by Crippen LogP contribution is -2.24. The molecule has 2 amide bonds. The molecule has 0 aliphatic carbocycles. The maximum atomic E-state index is 13.9. The Bertz CT molecular complexity index is 1070. The molecule has 0 atom stereocenters. The number of aromatic nitrogens is 3. The SMILES string of the molecule is CCn1c(CNC(=O)c2ccccc2)nnc1SCC(=O)Nc1c(F)cc(F)cc1Br. The van der Waals surface area contributed by atoms with Crippen molar-refractivity contribution in [2.75, 3.05) is 11.1 Å². The second-order valence-corrected chi connectivity index (χ2v) is 8.07. The molecule has 162 valence electrons. The normalized spacial score (nSPS) is 10.7. The number of nitrogens with zero attached hydrogens (tertiary/aromatic N) is 3. The molecule has 0 aliphatic rings. The van der Waals surface area contributed by atoms with Crippen LogP contribution in [0.15, 0.2) is 52.1 Å². The Morgan fingerprint density at radius 2 is 1.90 bits per heavy atom. The third-order valence-corrected chi connectivity index (χ3v) is 5.75. The van der Waals surface area contributed by atoms with Crippen LogP contribution in [0.4, 0.5) is 14.5 Å². The summed E-state index contributed by atoms with van der Waals surface area (Å²) in [6, 6.07) is 10.6. The van der Waals surface area contributed by atoms with Gasteiger partial charge in [-0.05, 0) is 41.1 Å². The number of hydrogen-bond donors (Lipinski definition) is 2. The first-order valence-corrected chi connectivity index (χ1v) is 11.0. The van der Waals surface area contributed by atoms with Crippen molar-refractivity contribution in [2.24, 2.45) is 0 Å². The van der Waals surface area contributed by atoms with Gasteiger partial charge < -0.3 is 15.2 Å². The van der Waals surface area contributed by atoms with Gasteiger partial charge in [-0.15, -0.1) is 10.2 Å². The van der Waals surface area contributed by atoms with Gasteiger partial charge in [-0.1, -0.05) is 30.0 Å². The van der Waals surface area contributed by atoms with E-state index >= 15 is 0 Å². The van der Waals surface area contributed by atoms with E-state index in [0.717, 1.165) is 17.8 Å². The summed E-state index contributed by atoms with van der Waals surface area (Å²) in [5, 5.41) is 13.9. The molecule has 3 aromatic rings. The monoisotopic (exact) mass is 509 g/mol. The second-order valence-electron chi connectivity index (χ2n) is 6.27. The Morgan fingerprint density at radius 3 is 2.58 bits per heavy atom. The number of carbonyl (C=O) groups is 2. The molecule has 7 nitrogen and oxygen atoms in total. The van der Waals surface area contributed by atoms with Gasteiger partial charge in [0, 0.05) is 22.6 Å². The fourth-order valence-corrected chi connectivity index (χ4v) is 4.02. The zero-order chi connectivity index (χ0) is 22.4. The zero-order valence-electron chi connectivity index (χ0n) is 16.4. The summed E-state index contributed by atoms with van der Waals surface area (Å²) < 4.78 is 28.9. The highest BCUT2D eigenvalue weighted by atomic mass is 79.9. The number of hydrogen-bond acceptors (Lipinski definition) is 5. The summed E-state index contributed by atoms with van der Waals surface area (Å²) in [5.74, 6) is -1.86. The van der Waals surface area contributed by atoms with E-state index < -0.39 is 17.5 Å². The van der Waals surface area contributed by atoms with E-state index in [9.17, 15) is 18.4 Å². The summed E-state index contributed by atoms with van der Waals surface area (Å²) in [4.78, 5) is 24.4. The fraction of sp³-hybridized carbons (Fsp3) is 0.200. The molecule has 1 heterocycles. The van der Waals surface area contributed by atoms with Gasteiger partial charge in [0.2, 0.25) is 5.91 Å². The van der Waals surface area contributed by atoms with Crippen LogP contribution >= 0.6 is 27.7 Å². The number of benzene rings is 2. The van der Waals surface area contributed by atoms with Gasteiger partial charge >= 0.3 is 0 Å². The van der Waals surface area contributed by atoms with Crippen LogP contribution in [0.2, 0.25) is 0 Å². The molecule has 0 aliphatic heterocycles. The van der Waals surface area contributed by atoms with E-state index in [1.807, 2.05) is 13.0 Å². The lowest BCUT2D eigenvalue weighted by molar-refractivity contribution is -0.113. The highest BCUT2D eigenvalue weighted by Gasteiger charge is 2.16. The molecule has 11 heteroatoms. The molecule has 3 rings (SSSR count). The van der Waals surface area contributed by atoms with Crippen molar-refractivity contribution in [1.29, 1.82) is 0 Å². The maximum absolute atomic E-state index is 13.9.